The van der Waals surface area contributed by atoms with Gasteiger partial charge >= 0.3 is 0 Å². The second-order valence-corrected chi connectivity index (χ2v) is 22.5. The van der Waals surface area contributed by atoms with Gasteiger partial charge in [0.1, 0.15) is 49.4 Å². The van der Waals surface area contributed by atoms with E-state index in [0.29, 0.717) is 76.3 Å². The minimum atomic E-state index is -0.472. The number of benzene rings is 6. The molecule has 0 N–H and O–H groups in total. The Labute approximate surface area is 491 Å². The van der Waals surface area contributed by atoms with E-state index in [2.05, 4.69) is 0 Å². The Morgan fingerprint density at radius 1 is 0.357 bits per heavy atom. The average molecular weight is 1140 g/mol. The molecule has 6 aromatic rings. The number of hydrogen-bond acceptors (Lipinski definition) is 14. The third kappa shape index (κ3) is 20.7. The Morgan fingerprint density at radius 2 is 0.595 bits per heavy atom. The third-order valence-electron chi connectivity index (χ3n) is 12.6. The van der Waals surface area contributed by atoms with Crippen LogP contribution in [0.25, 0.3) is 0 Å². The van der Waals surface area contributed by atoms with Crippen LogP contribution in [0, 0.1) is 24.7 Å². The molecule has 0 saturated carbocycles. The van der Waals surface area contributed by atoms with Crippen LogP contribution in [0.1, 0.15) is 154 Å². The zero-order valence-corrected chi connectivity index (χ0v) is 49.5. The topological polar surface area (TPSA) is 214 Å². The number of Topliss-reactive ketones (excluding diaryl/α,β-unsaturated/α-hetero) is 6. The largest absolute Gasteiger partial charge is 0.486 e. The molecule has 84 heavy (non-hydrogen) atoms. The first-order chi connectivity index (χ1) is 39.7. The Kier molecular flexibility index (Phi) is 24.0. The molecule has 2 heterocycles. The molecular formula is C68H74N2O14. The first kappa shape index (κ1) is 65.6. The smallest absolute Gasteiger partial charge is 0.261 e. The Balaban J connectivity index is 0.000000213. The van der Waals surface area contributed by atoms with Crippen LogP contribution in [-0.4, -0.2) is 108 Å². The van der Waals surface area contributed by atoms with Gasteiger partial charge in [-0.15, -0.1) is 0 Å². The maximum Gasteiger partial charge on any atom is 0.261 e. The molecule has 0 aromatic heterocycles. The van der Waals surface area contributed by atoms with E-state index in [1.165, 1.54) is 5.56 Å². The summed E-state index contributed by atoms with van der Waals surface area (Å²) in [6.07, 6.45) is 1.96. The predicted octanol–water partition coefficient (Wildman–Crippen LogP) is 11.8. The van der Waals surface area contributed by atoms with E-state index >= 15 is 0 Å². The van der Waals surface area contributed by atoms with Crippen molar-refractivity contribution in [2.45, 2.75) is 94.9 Å². The first-order valence-electron chi connectivity index (χ1n) is 27.6. The highest BCUT2D eigenvalue weighted by Gasteiger charge is 2.37. The zero-order valence-electron chi connectivity index (χ0n) is 49.5. The number of amides is 4. The van der Waals surface area contributed by atoms with Crippen LogP contribution in [0.5, 0.6) is 23.0 Å². The molecule has 4 amide bonds. The highest BCUT2D eigenvalue weighted by Crippen LogP contribution is 2.26. The fourth-order valence-electron chi connectivity index (χ4n) is 7.98. The van der Waals surface area contributed by atoms with E-state index in [1.54, 1.807) is 116 Å². The van der Waals surface area contributed by atoms with Crippen molar-refractivity contribution < 1.29 is 66.9 Å². The second kappa shape index (κ2) is 30.8. The van der Waals surface area contributed by atoms with Crippen LogP contribution in [0.15, 0.2) is 146 Å². The lowest BCUT2D eigenvalue weighted by Gasteiger charge is -2.16. The van der Waals surface area contributed by atoms with Crippen LogP contribution in [0.2, 0.25) is 0 Å². The molecular weight excluding hydrogens is 1070 g/mol. The molecule has 0 unspecified atom stereocenters. The number of aryl methyl sites for hydroxylation is 2. The summed E-state index contributed by atoms with van der Waals surface area (Å²) in [5, 5.41) is 0. The van der Waals surface area contributed by atoms with Gasteiger partial charge in [0, 0.05) is 36.8 Å². The highest BCUT2D eigenvalue weighted by molar-refractivity contribution is 6.23. The van der Waals surface area contributed by atoms with Gasteiger partial charge in [0.05, 0.1) is 35.3 Å². The van der Waals surface area contributed by atoms with Crippen molar-refractivity contribution in [3.8, 4) is 23.0 Å². The fourth-order valence-corrected chi connectivity index (χ4v) is 7.98. The molecule has 0 atom stereocenters. The molecule has 16 nitrogen and oxygen atoms in total. The maximum atomic E-state index is 12.3. The summed E-state index contributed by atoms with van der Waals surface area (Å²) in [5.41, 5.74) is 4.73. The van der Waals surface area contributed by atoms with Gasteiger partial charge in [-0.3, -0.25) is 57.7 Å². The average Bonchev–Trinajstić information content (AvgIpc) is 3.83. The quantitative estimate of drug-likeness (QED) is 0.0457. The molecule has 0 radical (unpaired) electrons. The van der Waals surface area contributed by atoms with Crippen molar-refractivity contribution in [3.05, 3.63) is 190 Å². The lowest BCUT2D eigenvalue weighted by molar-refractivity contribution is -0.122. The van der Waals surface area contributed by atoms with Gasteiger partial charge in [0.15, 0.2) is 34.7 Å². The minimum Gasteiger partial charge on any atom is -0.486 e. The number of fused-ring (bicyclic) bond motifs is 2. The molecule has 2 aliphatic heterocycles. The van der Waals surface area contributed by atoms with Crippen molar-refractivity contribution >= 4 is 58.3 Å². The summed E-state index contributed by atoms with van der Waals surface area (Å²) in [5.74, 6) is 0.209. The van der Waals surface area contributed by atoms with Gasteiger partial charge in [-0.1, -0.05) is 115 Å². The molecule has 2 aliphatic rings. The normalized spacial score (nSPS) is 12.3. The zero-order chi connectivity index (χ0) is 61.7. The molecule has 0 aliphatic carbocycles. The van der Waals surface area contributed by atoms with Crippen molar-refractivity contribution in [2.24, 2.45) is 10.8 Å². The van der Waals surface area contributed by atoms with Gasteiger partial charge in [0.2, 0.25) is 0 Å². The molecule has 440 valence electrons. The first-order valence-corrected chi connectivity index (χ1v) is 27.6. The Bertz CT molecular complexity index is 3240. The van der Waals surface area contributed by atoms with E-state index in [1.807, 2.05) is 98.7 Å². The second-order valence-electron chi connectivity index (χ2n) is 22.5. The minimum absolute atomic E-state index is 0.0141. The van der Waals surface area contributed by atoms with E-state index in [0.717, 1.165) is 21.1 Å². The Hall–Kier alpha value is -9.18. The van der Waals surface area contributed by atoms with Crippen LogP contribution < -0.4 is 18.9 Å². The van der Waals surface area contributed by atoms with Gasteiger partial charge in [0.25, 0.3) is 23.6 Å². The van der Waals surface area contributed by atoms with E-state index in [-0.39, 0.29) is 79.3 Å². The number of nitrogens with zero attached hydrogens (tertiary/aromatic N) is 2. The highest BCUT2D eigenvalue weighted by atomic mass is 16.5. The Morgan fingerprint density at radius 3 is 0.833 bits per heavy atom. The molecule has 0 fully saturated rings. The monoisotopic (exact) mass is 1140 g/mol. The molecule has 0 spiro atoms. The molecule has 0 bridgehead atoms. The van der Waals surface area contributed by atoms with Gasteiger partial charge < -0.3 is 18.9 Å². The summed E-state index contributed by atoms with van der Waals surface area (Å²) < 4.78 is 21.4. The maximum absolute atomic E-state index is 12.3. The number of carbonyl (C=O) groups excluding carboxylic acids is 10. The van der Waals surface area contributed by atoms with Crippen LogP contribution in [-0.2, 0) is 19.2 Å². The number of hydrogen-bond donors (Lipinski definition) is 0. The van der Waals surface area contributed by atoms with Crippen molar-refractivity contribution in [1.29, 1.82) is 0 Å². The van der Waals surface area contributed by atoms with E-state index in [4.69, 9.17) is 18.9 Å². The van der Waals surface area contributed by atoms with Gasteiger partial charge in [-0.2, -0.15) is 0 Å². The SMILES string of the molecule is CC(C)(C)CC(=O)c1ccc(OCC(=O)CN2C(=O)c3ccccc3C2=O)cc1.CCC(=O)COc1ccc(C(=O)CC(C)(C)C)cc1.CCC(=O)COc1ccc(C)cc1.Cc1ccc(OCC(=O)CN2C(=O)c3ccccc3C2=O)cc1. The number of rotatable bonds is 22. The van der Waals surface area contributed by atoms with Gasteiger partial charge in [-0.25, -0.2) is 0 Å². The third-order valence-corrected chi connectivity index (χ3v) is 12.6. The lowest BCUT2D eigenvalue weighted by atomic mass is 9.88. The summed E-state index contributed by atoms with van der Waals surface area (Å²) in [4.78, 5) is 121. The number of carbonyl (C=O) groups is 10. The van der Waals surface area contributed by atoms with E-state index < -0.39 is 29.4 Å². The number of ether oxygens (including phenoxy) is 4. The number of ketones is 6. The van der Waals surface area contributed by atoms with Crippen LogP contribution in [0.4, 0.5) is 0 Å². The summed E-state index contributed by atoms with van der Waals surface area (Å²) in [6.45, 7) is 18.9. The number of imide groups is 2. The fraction of sp³-hybridized carbons (Fsp3) is 0.324. The predicted molar refractivity (Wildman–Crippen MR) is 318 cm³/mol. The lowest BCUT2D eigenvalue weighted by Crippen LogP contribution is -2.36. The van der Waals surface area contributed by atoms with Crippen molar-refractivity contribution in [2.75, 3.05) is 39.5 Å². The van der Waals surface area contributed by atoms with Crippen molar-refractivity contribution in [1.82, 2.24) is 9.80 Å². The van der Waals surface area contributed by atoms with Crippen LogP contribution >= 0.6 is 0 Å². The molecule has 16 heteroatoms. The molecule has 8 rings (SSSR count). The summed E-state index contributed by atoms with van der Waals surface area (Å²) in [6, 6.07) is 41.6. The van der Waals surface area contributed by atoms with Crippen molar-refractivity contribution in [3.63, 3.8) is 0 Å². The summed E-state index contributed by atoms with van der Waals surface area (Å²) >= 11 is 0. The standard InChI is InChI=1S/C23H23NO5.C18H15NO4.C16H22O3.C11H14O2/c1-23(2,3)12-20(26)15-8-10-17(11-9-15)29-14-16(25)13-24-21(27)18-6-4-5-7-19(18)22(24)28;1-12-6-8-14(9-7-12)23-11-13(20)10-19-17(21)15-4-2-3-5-16(15)18(19)22;1-5-13(17)11-19-14-8-6-12(7-9-14)15(18)10-16(2,3)4;1-3-10(12)8-13-11-6-4-9(2)5-7-11/h4-11H,12-14H2,1-3H3;2-9H,10-11H2,1H3;6-9H,5,10-11H2,1-4H3;4-7H,3,8H2,1-2H3. The summed E-state index contributed by atoms with van der Waals surface area (Å²) in [7, 11) is 0. The molecule has 0 saturated heterocycles. The van der Waals surface area contributed by atoms with E-state index in [9.17, 15) is 47.9 Å². The molecule has 6 aromatic carbocycles. The van der Waals surface area contributed by atoms with Gasteiger partial charge in [-0.05, 0) is 122 Å². The van der Waals surface area contributed by atoms with Crippen LogP contribution in [0.3, 0.4) is 0 Å².